The average molecular weight is 284 g/mol. The number of rotatable bonds is 4. The minimum absolute atomic E-state index is 0.207. The van der Waals surface area contributed by atoms with Gasteiger partial charge in [-0.05, 0) is 6.92 Å². The Balaban J connectivity index is 1.78. The molecule has 2 N–H and O–H groups in total. The van der Waals surface area contributed by atoms with Crippen molar-refractivity contribution in [1.82, 2.24) is 14.8 Å². The largest absolute Gasteiger partial charge is 0.450 e. The van der Waals surface area contributed by atoms with Crippen molar-refractivity contribution in [2.75, 3.05) is 32.8 Å². The van der Waals surface area contributed by atoms with Crippen LogP contribution in [0.25, 0.3) is 0 Å². The lowest BCUT2D eigenvalue weighted by Gasteiger charge is -2.33. The van der Waals surface area contributed by atoms with Crippen LogP contribution < -0.4 is 5.73 Å². The Bertz CT molecular complexity index is 416. The zero-order valence-corrected chi connectivity index (χ0v) is 12.0. The van der Waals surface area contributed by atoms with E-state index in [4.69, 9.17) is 10.5 Å². The van der Waals surface area contributed by atoms with E-state index in [0.29, 0.717) is 26.2 Å². The quantitative estimate of drug-likeness (QED) is 0.888. The second kappa shape index (κ2) is 6.83. The molecule has 0 radical (unpaired) electrons. The third-order valence-electron chi connectivity index (χ3n) is 3.07. The summed E-state index contributed by atoms with van der Waals surface area (Å²) >= 11 is 1.64. The minimum Gasteiger partial charge on any atom is -0.450 e. The van der Waals surface area contributed by atoms with Crippen molar-refractivity contribution in [3.05, 3.63) is 16.1 Å². The number of ether oxygens (including phenoxy) is 1. The Morgan fingerprint density at radius 1 is 1.47 bits per heavy atom. The molecule has 0 aliphatic carbocycles. The van der Waals surface area contributed by atoms with Gasteiger partial charge in [0.25, 0.3) is 0 Å². The monoisotopic (exact) mass is 284 g/mol. The summed E-state index contributed by atoms with van der Waals surface area (Å²) in [6, 6.07) is 0. The van der Waals surface area contributed by atoms with Crippen LogP contribution in [0.4, 0.5) is 4.79 Å². The third-order valence-corrected chi connectivity index (χ3v) is 3.95. The molecule has 1 aromatic rings. The van der Waals surface area contributed by atoms with Gasteiger partial charge in [0, 0.05) is 38.1 Å². The van der Waals surface area contributed by atoms with E-state index in [1.807, 2.05) is 12.3 Å². The molecule has 0 aromatic carbocycles. The first kappa shape index (κ1) is 14.2. The number of hydrogen-bond donors (Lipinski definition) is 1. The molecule has 7 heteroatoms. The van der Waals surface area contributed by atoms with E-state index in [9.17, 15) is 4.79 Å². The van der Waals surface area contributed by atoms with Gasteiger partial charge in [0.2, 0.25) is 0 Å². The second-order valence-electron chi connectivity index (χ2n) is 4.40. The number of piperazine rings is 1. The minimum atomic E-state index is -0.207. The number of aromatic nitrogens is 1. The predicted octanol–water partition coefficient (Wildman–Crippen LogP) is 0.876. The lowest BCUT2D eigenvalue weighted by molar-refractivity contribution is 0.0778. The van der Waals surface area contributed by atoms with Gasteiger partial charge in [-0.15, -0.1) is 11.3 Å². The number of nitrogens with two attached hydrogens (primary N) is 1. The van der Waals surface area contributed by atoms with Gasteiger partial charge in [0.15, 0.2) is 0 Å². The number of nitrogens with zero attached hydrogens (tertiary/aromatic N) is 3. The van der Waals surface area contributed by atoms with Crippen LogP contribution in [0.2, 0.25) is 0 Å². The Hall–Kier alpha value is -1.18. The lowest BCUT2D eigenvalue weighted by atomic mass is 10.3. The lowest BCUT2D eigenvalue weighted by Crippen LogP contribution is -2.48. The molecule has 0 bridgehead atoms. The van der Waals surface area contributed by atoms with Gasteiger partial charge in [-0.1, -0.05) is 0 Å². The molecule has 1 aromatic heterocycles. The van der Waals surface area contributed by atoms with E-state index in [1.54, 1.807) is 16.2 Å². The van der Waals surface area contributed by atoms with Crippen molar-refractivity contribution in [2.24, 2.45) is 5.73 Å². The molecule has 1 aliphatic heterocycles. The molecular weight excluding hydrogens is 264 g/mol. The Morgan fingerprint density at radius 2 is 2.21 bits per heavy atom. The van der Waals surface area contributed by atoms with E-state index in [-0.39, 0.29) is 6.09 Å². The fourth-order valence-electron chi connectivity index (χ4n) is 2.01. The zero-order chi connectivity index (χ0) is 13.7. The molecule has 2 rings (SSSR count). The highest BCUT2D eigenvalue weighted by molar-refractivity contribution is 7.09. The van der Waals surface area contributed by atoms with Crippen LogP contribution in [0.15, 0.2) is 5.38 Å². The summed E-state index contributed by atoms with van der Waals surface area (Å²) in [6.07, 6.45) is -0.207. The fourth-order valence-corrected chi connectivity index (χ4v) is 2.86. The first-order valence-electron chi connectivity index (χ1n) is 6.50. The van der Waals surface area contributed by atoms with Crippen molar-refractivity contribution in [3.63, 3.8) is 0 Å². The van der Waals surface area contributed by atoms with E-state index in [0.717, 1.165) is 30.3 Å². The third kappa shape index (κ3) is 3.89. The van der Waals surface area contributed by atoms with Gasteiger partial charge in [0.1, 0.15) is 5.01 Å². The van der Waals surface area contributed by atoms with Crippen LogP contribution in [0.5, 0.6) is 0 Å². The highest BCUT2D eigenvalue weighted by atomic mass is 32.1. The zero-order valence-electron chi connectivity index (χ0n) is 11.2. The molecule has 0 saturated carbocycles. The smallest absolute Gasteiger partial charge is 0.409 e. The molecule has 19 heavy (non-hydrogen) atoms. The van der Waals surface area contributed by atoms with Crippen LogP contribution in [0.3, 0.4) is 0 Å². The summed E-state index contributed by atoms with van der Waals surface area (Å²) in [5, 5.41) is 3.09. The van der Waals surface area contributed by atoms with Gasteiger partial charge in [0.05, 0.1) is 18.8 Å². The average Bonchev–Trinajstić information content (AvgIpc) is 2.87. The summed E-state index contributed by atoms with van der Waals surface area (Å²) in [5.41, 5.74) is 6.50. The molecule has 2 heterocycles. The van der Waals surface area contributed by atoms with Gasteiger partial charge in [-0.2, -0.15) is 0 Å². The van der Waals surface area contributed by atoms with Gasteiger partial charge in [-0.25, -0.2) is 9.78 Å². The number of thiazole rings is 1. The SMILES string of the molecule is CCOC(=O)N1CCN(Cc2nc(CN)cs2)CC1. The molecule has 1 aliphatic rings. The van der Waals surface area contributed by atoms with Crippen molar-refractivity contribution >= 4 is 17.4 Å². The summed E-state index contributed by atoms with van der Waals surface area (Å²) in [6.45, 7) is 6.73. The second-order valence-corrected chi connectivity index (χ2v) is 5.34. The molecule has 0 unspecified atom stereocenters. The molecule has 6 nitrogen and oxygen atoms in total. The van der Waals surface area contributed by atoms with Crippen LogP contribution in [0, 0.1) is 0 Å². The predicted molar refractivity (Wildman–Crippen MR) is 73.9 cm³/mol. The van der Waals surface area contributed by atoms with E-state index in [2.05, 4.69) is 9.88 Å². The first-order valence-corrected chi connectivity index (χ1v) is 7.38. The van der Waals surface area contributed by atoms with Crippen molar-refractivity contribution in [2.45, 2.75) is 20.0 Å². The highest BCUT2D eigenvalue weighted by Crippen LogP contribution is 2.13. The van der Waals surface area contributed by atoms with Crippen LogP contribution in [-0.4, -0.2) is 53.7 Å². The fraction of sp³-hybridized carbons (Fsp3) is 0.667. The van der Waals surface area contributed by atoms with E-state index in [1.165, 1.54) is 0 Å². The highest BCUT2D eigenvalue weighted by Gasteiger charge is 2.22. The van der Waals surface area contributed by atoms with Crippen LogP contribution in [0.1, 0.15) is 17.6 Å². The molecule has 106 valence electrons. The van der Waals surface area contributed by atoms with Crippen LogP contribution >= 0.6 is 11.3 Å². The molecule has 1 amide bonds. The van der Waals surface area contributed by atoms with Crippen LogP contribution in [-0.2, 0) is 17.8 Å². The van der Waals surface area contributed by atoms with Crippen molar-refractivity contribution in [3.8, 4) is 0 Å². The summed E-state index contributed by atoms with van der Waals surface area (Å²) < 4.78 is 5.00. The van der Waals surface area contributed by atoms with Crippen molar-refractivity contribution in [1.29, 1.82) is 0 Å². The normalized spacial score (nSPS) is 16.6. The maximum Gasteiger partial charge on any atom is 0.409 e. The van der Waals surface area contributed by atoms with Crippen molar-refractivity contribution < 1.29 is 9.53 Å². The molecule has 1 saturated heterocycles. The number of hydrogen-bond acceptors (Lipinski definition) is 6. The number of carbonyl (C=O) groups is 1. The maximum absolute atomic E-state index is 11.6. The summed E-state index contributed by atoms with van der Waals surface area (Å²) in [7, 11) is 0. The number of amides is 1. The van der Waals surface area contributed by atoms with Gasteiger partial charge < -0.3 is 15.4 Å². The summed E-state index contributed by atoms with van der Waals surface area (Å²) in [5.74, 6) is 0. The number of carbonyl (C=O) groups excluding carboxylic acids is 1. The standard InChI is InChI=1S/C12H20N4O2S/c1-2-18-12(17)16-5-3-15(4-6-16)8-11-14-10(7-13)9-19-11/h9H,2-8,13H2,1H3. The van der Waals surface area contributed by atoms with E-state index < -0.39 is 0 Å². The first-order chi connectivity index (χ1) is 9.22. The summed E-state index contributed by atoms with van der Waals surface area (Å²) in [4.78, 5) is 20.1. The molecule has 0 atom stereocenters. The molecule has 1 fully saturated rings. The van der Waals surface area contributed by atoms with Gasteiger partial charge in [-0.3, -0.25) is 4.90 Å². The van der Waals surface area contributed by atoms with E-state index >= 15 is 0 Å². The molecular formula is C12H20N4O2S. The molecule has 0 spiro atoms. The topological polar surface area (TPSA) is 71.7 Å². The maximum atomic E-state index is 11.6. The van der Waals surface area contributed by atoms with Gasteiger partial charge >= 0.3 is 6.09 Å². The Labute approximate surface area is 117 Å². The Morgan fingerprint density at radius 3 is 2.79 bits per heavy atom. The Kier molecular flexibility index (Phi) is 5.12.